The molecule has 1 aliphatic carbocycles. The zero-order valence-electron chi connectivity index (χ0n) is 11.6. The smallest absolute Gasteiger partial charge is 0.306 e. The molecule has 0 unspecified atom stereocenters. The summed E-state index contributed by atoms with van der Waals surface area (Å²) in [5.41, 5.74) is 2.48. The molecule has 0 radical (unpaired) electrons. The van der Waals surface area contributed by atoms with Crippen molar-refractivity contribution >= 4 is 12.0 Å². The highest BCUT2D eigenvalue weighted by Crippen LogP contribution is 2.33. The van der Waals surface area contributed by atoms with Gasteiger partial charge in [-0.3, -0.25) is 4.79 Å². The van der Waals surface area contributed by atoms with Crippen molar-refractivity contribution in [3.63, 3.8) is 0 Å². The summed E-state index contributed by atoms with van der Waals surface area (Å²) < 4.78 is 5.16. The van der Waals surface area contributed by atoms with E-state index in [1.165, 1.54) is 18.4 Å². The lowest BCUT2D eigenvalue weighted by molar-refractivity contribution is -0.142. The molecular weight excluding hydrogens is 236 g/mol. The Morgan fingerprint density at radius 1 is 1.32 bits per heavy atom. The van der Waals surface area contributed by atoms with Gasteiger partial charge < -0.3 is 4.74 Å². The van der Waals surface area contributed by atoms with Crippen LogP contribution >= 0.6 is 0 Å². The van der Waals surface area contributed by atoms with Gasteiger partial charge in [-0.05, 0) is 36.0 Å². The van der Waals surface area contributed by atoms with Crippen LogP contribution in [0.3, 0.4) is 0 Å². The molecule has 0 aliphatic heterocycles. The number of carbonyl (C=O) groups is 1. The first-order valence-corrected chi connectivity index (χ1v) is 7.19. The molecule has 2 nitrogen and oxygen atoms in total. The van der Waals surface area contributed by atoms with Gasteiger partial charge in [0.2, 0.25) is 0 Å². The first kappa shape index (κ1) is 13.9. The van der Waals surface area contributed by atoms with Gasteiger partial charge in [0.15, 0.2) is 0 Å². The Hall–Kier alpha value is -1.57. The lowest BCUT2D eigenvalue weighted by atomic mass is 10.1. The SMILES string of the molecule is CCc1ccc(/C=C/COC(=O)CCC2CC2)cc1. The van der Waals surface area contributed by atoms with Crippen LogP contribution in [0.4, 0.5) is 0 Å². The lowest BCUT2D eigenvalue weighted by Crippen LogP contribution is -2.04. The molecule has 0 aromatic heterocycles. The summed E-state index contributed by atoms with van der Waals surface area (Å²) in [5.74, 6) is 0.720. The molecule has 2 heteroatoms. The van der Waals surface area contributed by atoms with Crippen molar-refractivity contribution in [2.45, 2.75) is 39.0 Å². The van der Waals surface area contributed by atoms with Crippen LogP contribution < -0.4 is 0 Å². The van der Waals surface area contributed by atoms with E-state index in [9.17, 15) is 4.79 Å². The highest BCUT2D eigenvalue weighted by atomic mass is 16.5. The van der Waals surface area contributed by atoms with Crippen LogP contribution in [0.2, 0.25) is 0 Å². The van der Waals surface area contributed by atoms with Crippen LogP contribution in [0.5, 0.6) is 0 Å². The van der Waals surface area contributed by atoms with Crippen molar-refractivity contribution in [2.24, 2.45) is 5.92 Å². The normalized spacial score (nSPS) is 14.8. The molecular formula is C17H22O2. The Balaban J connectivity index is 1.65. The van der Waals surface area contributed by atoms with Crippen LogP contribution in [-0.4, -0.2) is 12.6 Å². The molecule has 0 N–H and O–H groups in total. The quantitative estimate of drug-likeness (QED) is 0.691. The van der Waals surface area contributed by atoms with E-state index in [1.807, 2.05) is 12.2 Å². The van der Waals surface area contributed by atoms with E-state index in [1.54, 1.807) is 0 Å². The van der Waals surface area contributed by atoms with E-state index in [0.717, 1.165) is 24.3 Å². The number of carbonyl (C=O) groups excluding carboxylic acids is 1. The Kier molecular flexibility index (Phi) is 5.20. The summed E-state index contributed by atoms with van der Waals surface area (Å²) in [5, 5.41) is 0. The monoisotopic (exact) mass is 258 g/mol. The molecule has 0 saturated heterocycles. The summed E-state index contributed by atoms with van der Waals surface area (Å²) in [6, 6.07) is 8.43. The van der Waals surface area contributed by atoms with Crippen LogP contribution in [0.25, 0.3) is 6.08 Å². The van der Waals surface area contributed by atoms with Crippen LogP contribution in [0, 0.1) is 5.92 Å². The van der Waals surface area contributed by atoms with E-state index in [2.05, 4.69) is 31.2 Å². The van der Waals surface area contributed by atoms with Crippen molar-refractivity contribution in [2.75, 3.05) is 6.61 Å². The standard InChI is InChI=1S/C17H22O2/c1-2-14-5-7-15(8-6-14)4-3-13-19-17(18)12-11-16-9-10-16/h3-8,16H,2,9-13H2,1H3/b4-3+. The highest BCUT2D eigenvalue weighted by molar-refractivity contribution is 5.69. The second-order valence-corrected chi connectivity index (χ2v) is 5.16. The molecule has 0 heterocycles. The molecule has 19 heavy (non-hydrogen) atoms. The van der Waals surface area contributed by atoms with Gasteiger partial charge in [-0.25, -0.2) is 0 Å². The molecule has 1 aromatic rings. The summed E-state index contributed by atoms with van der Waals surface area (Å²) in [7, 11) is 0. The van der Waals surface area contributed by atoms with Gasteiger partial charge in [-0.1, -0.05) is 50.1 Å². The van der Waals surface area contributed by atoms with Crippen molar-refractivity contribution in [3.05, 3.63) is 41.5 Å². The molecule has 0 atom stereocenters. The number of esters is 1. The number of ether oxygens (including phenoxy) is 1. The molecule has 0 bridgehead atoms. The van der Waals surface area contributed by atoms with Gasteiger partial charge in [0, 0.05) is 6.42 Å². The number of rotatable bonds is 7. The van der Waals surface area contributed by atoms with E-state index in [4.69, 9.17) is 4.74 Å². The van der Waals surface area contributed by atoms with Crippen molar-refractivity contribution < 1.29 is 9.53 Å². The minimum Gasteiger partial charge on any atom is -0.461 e. The van der Waals surface area contributed by atoms with Crippen LogP contribution in [0.1, 0.15) is 43.7 Å². The summed E-state index contributed by atoms with van der Waals surface area (Å²) >= 11 is 0. The maximum absolute atomic E-state index is 11.4. The molecule has 1 aromatic carbocycles. The number of aryl methyl sites for hydroxylation is 1. The van der Waals surface area contributed by atoms with Gasteiger partial charge in [0.1, 0.15) is 6.61 Å². The molecule has 102 valence electrons. The first-order chi connectivity index (χ1) is 9.28. The molecule has 1 fully saturated rings. The summed E-state index contributed by atoms with van der Waals surface area (Å²) in [6.07, 6.45) is 9.11. The fourth-order valence-electron chi connectivity index (χ4n) is 1.99. The second-order valence-electron chi connectivity index (χ2n) is 5.16. The van der Waals surface area contributed by atoms with Crippen molar-refractivity contribution in [1.29, 1.82) is 0 Å². The minimum absolute atomic E-state index is 0.0714. The minimum atomic E-state index is -0.0714. The first-order valence-electron chi connectivity index (χ1n) is 7.19. The third kappa shape index (κ3) is 5.29. The van der Waals surface area contributed by atoms with Crippen LogP contribution in [-0.2, 0) is 16.0 Å². The van der Waals surface area contributed by atoms with E-state index in [0.29, 0.717) is 13.0 Å². The zero-order chi connectivity index (χ0) is 13.5. The van der Waals surface area contributed by atoms with Gasteiger partial charge in [0.05, 0.1) is 0 Å². The number of hydrogen-bond donors (Lipinski definition) is 0. The maximum Gasteiger partial charge on any atom is 0.306 e. The highest BCUT2D eigenvalue weighted by Gasteiger charge is 2.21. The maximum atomic E-state index is 11.4. The predicted molar refractivity (Wildman–Crippen MR) is 77.8 cm³/mol. The summed E-state index contributed by atoms with van der Waals surface area (Å²) in [4.78, 5) is 11.4. The third-order valence-corrected chi connectivity index (χ3v) is 3.49. The predicted octanol–water partition coefficient (Wildman–Crippen LogP) is 4.00. The molecule has 0 spiro atoms. The molecule has 0 amide bonds. The average Bonchev–Trinajstić information content (AvgIpc) is 3.26. The summed E-state index contributed by atoms with van der Waals surface area (Å²) in [6.45, 7) is 2.52. The topological polar surface area (TPSA) is 26.3 Å². The number of benzene rings is 1. The van der Waals surface area contributed by atoms with E-state index >= 15 is 0 Å². The van der Waals surface area contributed by atoms with Crippen LogP contribution in [0.15, 0.2) is 30.3 Å². The Bertz CT molecular complexity index is 427. The van der Waals surface area contributed by atoms with E-state index < -0.39 is 0 Å². The van der Waals surface area contributed by atoms with Gasteiger partial charge in [-0.15, -0.1) is 0 Å². The van der Waals surface area contributed by atoms with Crippen molar-refractivity contribution in [1.82, 2.24) is 0 Å². The fraction of sp³-hybridized carbons (Fsp3) is 0.471. The molecule has 1 aliphatic rings. The average molecular weight is 258 g/mol. The van der Waals surface area contributed by atoms with Gasteiger partial charge in [0.25, 0.3) is 0 Å². The van der Waals surface area contributed by atoms with E-state index in [-0.39, 0.29) is 5.97 Å². The Labute approximate surface area is 115 Å². The largest absolute Gasteiger partial charge is 0.461 e. The molecule has 2 rings (SSSR count). The lowest BCUT2D eigenvalue weighted by Gasteiger charge is -2.01. The third-order valence-electron chi connectivity index (χ3n) is 3.49. The van der Waals surface area contributed by atoms with Crippen molar-refractivity contribution in [3.8, 4) is 0 Å². The molecule has 1 saturated carbocycles. The fourth-order valence-corrected chi connectivity index (χ4v) is 1.99. The Morgan fingerprint density at radius 2 is 2.05 bits per heavy atom. The second kappa shape index (κ2) is 7.13. The van der Waals surface area contributed by atoms with Gasteiger partial charge in [-0.2, -0.15) is 0 Å². The van der Waals surface area contributed by atoms with Gasteiger partial charge >= 0.3 is 5.97 Å². The Morgan fingerprint density at radius 3 is 2.68 bits per heavy atom. The number of hydrogen-bond acceptors (Lipinski definition) is 2. The zero-order valence-corrected chi connectivity index (χ0v) is 11.6.